The first-order valence-electron chi connectivity index (χ1n) is 7.46. The zero-order valence-electron chi connectivity index (χ0n) is 13.5. The summed E-state index contributed by atoms with van der Waals surface area (Å²) in [6, 6.07) is 13.9. The molecule has 0 aliphatic carbocycles. The Balaban J connectivity index is 2.19. The summed E-state index contributed by atoms with van der Waals surface area (Å²) >= 11 is 6.45. The molecule has 2 aromatic carbocycles. The molecule has 0 radical (unpaired) electrons. The second-order valence-electron chi connectivity index (χ2n) is 5.19. The first-order chi connectivity index (χ1) is 11.2. The molecule has 0 atom stereocenters. The molecule has 2 aromatic rings. The number of ether oxygens (including phenoxy) is 2. The Kier molecular flexibility index (Phi) is 6.71. The van der Waals surface area contributed by atoms with Crippen molar-refractivity contribution in [3.8, 4) is 11.5 Å². The normalized spacial score (nSPS) is 10.8. The van der Waals surface area contributed by atoms with Gasteiger partial charge in [-0.3, -0.25) is 4.90 Å². The van der Waals surface area contributed by atoms with Gasteiger partial charge in [0.15, 0.2) is 11.5 Å². The Labute approximate surface area is 142 Å². The van der Waals surface area contributed by atoms with Crippen molar-refractivity contribution in [3.63, 3.8) is 0 Å². The fourth-order valence-corrected chi connectivity index (χ4v) is 2.78. The van der Waals surface area contributed by atoms with Gasteiger partial charge in [0.1, 0.15) is 0 Å². The van der Waals surface area contributed by atoms with Gasteiger partial charge in [0.05, 0.1) is 25.8 Å². The van der Waals surface area contributed by atoms with Crippen molar-refractivity contribution >= 4 is 11.6 Å². The molecule has 0 heterocycles. The number of hydrogen-bond donors (Lipinski definition) is 1. The number of methoxy groups -OCH3 is 2. The minimum absolute atomic E-state index is 0.0950. The average Bonchev–Trinajstić information content (AvgIpc) is 2.57. The monoisotopic (exact) mass is 335 g/mol. The van der Waals surface area contributed by atoms with E-state index in [0.29, 0.717) is 29.6 Å². The number of aliphatic hydroxyl groups excluding tert-OH is 1. The highest BCUT2D eigenvalue weighted by Gasteiger charge is 2.15. The minimum Gasteiger partial charge on any atom is -0.493 e. The molecule has 0 saturated carbocycles. The second kappa shape index (κ2) is 8.77. The fourth-order valence-electron chi connectivity index (χ4n) is 2.49. The average molecular weight is 336 g/mol. The number of rotatable bonds is 8. The van der Waals surface area contributed by atoms with Crippen LogP contribution in [0.3, 0.4) is 0 Å². The van der Waals surface area contributed by atoms with Crippen LogP contribution in [0, 0.1) is 0 Å². The van der Waals surface area contributed by atoms with Crippen molar-refractivity contribution < 1.29 is 14.6 Å². The quantitative estimate of drug-likeness (QED) is 0.803. The molecule has 0 fully saturated rings. The topological polar surface area (TPSA) is 41.9 Å². The molecule has 124 valence electrons. The van der Waals surface area contributed by atoms with Gasteiger partial charge in [-0.1, -0.05) is 48.0 Å². The summed E-state index contributed by atoms with van der Waals surface area (Å²) in [5, 5.41) is 9.87. The van der Waals surface area contributed by atoms with E-state index in [2.05, 4.69) is 17.0 Å². The molecule has 0 aliphatic heterocycles. The summed E-state index contributed by atoms with van der Waals surface area (Å²) < 4.78 is 10.6. The molecule has 0 aromatic heterocycles. The zero-order chi connectivity index (χ0) is 16.7. The molecule has 0 unspecified atom stereocenters. The standard InChI is InChI=1S/C18H22ClNO3/c1-22-16-9-8-15(17(19)18(16)23-2)13-20(10-11-21)12-14-6-4-3-5-7-14/h3-9,21H,10-13H2,1-2H3. The van der Waals surface area contributed by atoms with E-state index < -0.39 is 0 Å². The molecular formula is C18H22ClNO3. The summed E-state index contributed by atoms with van der Waals surface area (Å²) in [7, 11) is 3.16. The number of nitrogens with zero attached hydrogens (tertiary/aromatic N) is 1. The van der Waals surface area contributed by atoms with Crippen LogP contribution in [-0.4, -0.2) is 37.4 Å². The van der Waals surface area contributed by atoms with E-state index in [0.717, 1.165) is 12.1 Å². The van der Waals surface area contributed by atoms with Gasteiger partial charge in [0.2, 0.25) is 0 Å². The van der Waals surface area contributed by atoms with Crippen molar-refractivity contribution in [1.82, 2.24) is 4.90 Å². The van der Waals surface area contributed by atoms with Crippen LogP contribution in [0.25, 0.3) is 0 Å². The Bertz CT molecular complexity index is 619. The highest BCUT2D eigenvalue weighted by Crippen LogP contribution is 2.37. The van der Waals surface area contributed by atoms with Crippen molar-refractivity contribution in [2.75, 3.05) is 27.4 Å². The summed E-state index contributed by atoms with van der Waals surface area (Å²) in [5.41, 5.74) is 2.13. The molecule has 4 nitrogen and oxygen atoms in total. The van der Waals surface area contributed by atoms with Gasteiger partial charge < -0.3 is 14.6 Å². The van der Waals surface area contributed by atoms with Crippen LogP contribution < -0.4 is 9.47 Å². The summed E-state index contributed by atoms with van der Waals surface area (Å²) in [5.74, 6) is 1.15. The van der Waals surface area contributed by atoms with E-state index >= 15 is 0 Å². The number of aliphatic hydroxyl groups is 1. The largest absolute Gasteiger partial charge is 0.493 e. The van der Waals surface area contributed by atoms with Crippen LogP contribution in [0.2, 0.25) is 5.02 Å². The van der Waals surface area contributed by atoms with Crippen molar-refractivity contribution in [2.24, 2.45) is 0 Å². The molecule has 0 saturated heterocycles. The van der Waals surface area contributed by atoms with Crippen LogP contribution in [-0.2, 0) is 13.1 Å². The van der Waals surface area contributed by atoms with Crippen molar-refractivity contribution in [3.05, 3.63) is 58.6 Å². The van der Waals surface area contributed by atoms with Gasteiger partial charge in [0.25, 0.3) is 0 Å². The molecule has 1 N–H and O–H groups in total. The molecule has 5 heteroatoms. The van der Waals surface area contributed by atoms with Gasteiger partial charge in [-0.15, -0.1) is 0 Å². The SMILES string of the molecule is COc1ccc(CN(CCO)Cc2ccccc2)c(Cl)c1OC. The molecular weight excluding hydrogens is 314 g/mol. The van der Waals surface area contributed by atoms with E-state index in [1.165, 1.54) is 5.56 Å². The summed E-state index contributed by atoms with van der Waals surface area (Å²) in [4.78, 5) is 2.14. The highest BCUT2D eigenvalue weighted by molar-refractivity contribution is 6.33. The van der Waals surface area contributed by atoms with Gasteiger partial charge >= 0.3 is 0 Å². The Hall–Kier alpha value is -1.75. The van der Waals surface area contributed by atoms with Gasteiger partial charge in [0, 0.05) is 19.6 Å². The maximum Gasteiger partial charge on any atom is 0.179 e. The third kappa shape index (κ3) is 4.61. The Morgan fingerprint density at radius 3 is 2.35 bits per heavy atom. The Morgan fingerprint density at radius 1 is 1.00 bits per heavy atom. The van der Waals surface area contributed by atoms with Crippen molar-refractivity contribution in [2.45, 2.75) is 13.1 Å². The van der Waals surface area contributed by atoms with E-state index in [1.54, 1.807) is 14.2 Å². The first-order valence-corrected chi connectivity index (χ1v) is 7.84. The van der Waals surface area contributed by atoms with Gasteiger partial charge in [-0.05, 0) is 17.2 Å². The Morgan fingerprint density at radius 2 is 1.74 bits per heavy atom. The molecule has 2 rings (SSSR count). The van der Waals surface area contributed by atoms with E-state index in [-0.39, 0.29) is 6.61 Å². The number of halogens is 1. The molecule has 23 heavy (non-hydrogen) atoms. The van der Waals surface area contributed by atoms with Gasteiger partial charge in [-0.2, -0.15) is 0 Å². The first kappa shape index (κ1) is 17.6. The van der Waals surface area contributed by atoms with Crippen molar-refractivity contribution in [1.29, 1.82) is 0 Å². The van der Waals surface area contributed by atoms with E-state index in [9.17, 15) is 5.11 Å². The van der Waals surface area contributed by atoms with Crippen LogP contribution in [0.4, 0.5) is 0 Å². The maximum atomic E-state index is 9.33. The molecule has 0 amide bonds. The number of benzene rings is 2. The lowest BCUT2D eigenvalue weighted by Gasteiger charge is -2.23. The van der Waals surface area contributed by atoms with E-state index in [1.807, 2.05) is 30.3 Å². The van der Waals surface area contributed by atoms with Crippen LogP contribution >= 0.6 is 11.6 Å². The summed E-state index contributed by atoms with van der Waals surface area (Å²) in [6.45, 7) is 2.03. The highest BCUT2D eigenvalue weighted by atomic mass is 35.5. The molecule has 0 spiro atoms. The maximum absolute atomic E-state index is 9.33. The third-order valence-electron chi connectivity index (χ3n) is 3.62. The van der Waals surface area contributed by atoms with Crippen LogP contribution in [0.1, 0.15) is 11.1 Å². The lowest BCUT2D eigenvalue weighted by molar-refractivity contribution is 0.184. The lowest BCUT2D eigenvalue weighted by atomic mass is 10.1. The van der Waals surface area contributed by atoms with E-state index in [4.69, 9.17) is 21.1 Å². The van der Waals surface area contributed by atoms with Crippen LogP contribution in [0.5, 0.6) is 11.5 Å². The number of hydrogen-bond acceptors (Lipinski definition) is 4. The smallest absolute Gasteiger partial charge is 0.179 e. The third-order valence-corrected chi connectivity index (χ3v) is 4.04. The van der Waals surface area contributed by atoms with Crippen LogP contribution in [0.15, 0.2) is 42.5 Å². The minimum atomic E-state index is 0.0950. The second-order valence-corrected chi connectivity index (χ2v) is 5.57. The zero-order valence-corrected chi connectivity index (χ0v) is 14.2. The predicted octanol–water partition coefficient (Wildman–Crippen LogP) is 3.35. The lowest BCUT2D eigenvalue weighted by Crippen LogP contribution is -2.26. The predicted molar refractivity (Wildman–Crippen MR) is 92.2 cm³/mol. The molecule has 0 bridgehead atoms. The fraction of sp³-hybridized carbons (Fsp3) is 0.333. The summed E-state index contributed by atoms with van der Waals surface area (Å²) in [6.07, 6.45) is 0. The van der Waals surface area contributed by atoms with Gasteiger partial charge in [-0.25, -0.2) is 0 Å². The molecule has 0 aliphatic rings.